The molecule has 1 unspecified atom stereocenters. The van der Waals surface area contributed by atoms with E-state index in [0.29, 0.717) is 38.9 Å². The Morgan fingerprint density at radius 3 is 2.69 bits per heavy atom. The first-order chi connectivity index (χ1) is 12.5. The lowest BCUT2D eigenvalue weighted by Crippen LogP contribution is -2.32. The third-order valence-electron chi connectivity index (χ3n) is 5.76. The number of nitrogens with zero attached hydrogens (tertiary/aromatic N) is 1. The van der Waals surface area contributed by atoms with Gasteiger partial charge in [-0.1, -0.05) is 58.4 Å². The van der Waals surface area contributed by atoms with Gasteiger partial charge in [0.25, 0.3) is 0 Å². The van der Waals surface area contributed by atoms with Gasteiger partial charge in [-0.15, -0.1) is 0 Å². The van der Waals surface area contributed by atoms with E-state index >= 15 is 0 Å². The summed E-state index contributed by atoms with van der Waals surface area (Å²) in [6, 6.07) is 8.90. The number of carbonyl (C=O) groups is 1. The fourth-order valence-electron chi connectivity index (χ4n) is 3.69. The molecule has 1 fully saturated rings. The van der Waals surface area contributed by atoms with Gasteiger partial charge in [0.05, 0.1) is 13.2 Å². The quantitative estimate of drug-likeness (QED) is 0.439. The Morgan fingerprint density at radius 2 is 2.04 bits per heavy atom. The molecule has 1 aromatic rings. The minimum absolute atomic E-state index is 0.0574. The lowest BCUT2D eigenvalue weighted by atomic mass is 9.72. The van der Waals surface area contributed by atoms with Crippen molar-refractivity contribution in [3.63, 3.8) is 0 Å². The van der Waals surface area contributed by atoms with E-state index in [4.69, 9.17) is 9.47 Å². The predicted molar refractivity (Wildman–Crippen MR) is 105 cm³/mol. The SMILES string of the molecule is CCc1cccc(C(C)(C)C(CC)COCOCCN2CCCC2=O)c1. The van der Waals surface area contributed by atoms with Gasteiger partial charge in [-0.25, -0.2) is 0 Å². The van der Waals surface area contributed by atoms with Gasteiger partial charge in [0.2, 0.25) is 5.91 Å². The summed E-state index contributed by atoms with van der Waals surface area (Å²) in [6.45, 7) is 12.1. The number of amides is 1. The van der Waals surface area contributed by atoms with Crippen molar-refractivity contribution in [3.05, 3.63) is 35.4 Å². The van der Waals surface area contributed by atoms with E-state index in [-0.39, 0.29) is 11.3 Å². The highest BCUT2D eigenvalue weighted by molar-refractivity contribution is 5.78. The number of aryl methyl sites for hydroxylation is 1. The zero-order valence-electron chi connectivity index (χ0n) is 16.9. The normalized spacial score (nSPS) is 16.3. The Kier molecular flexibility index (Phi) is 8.11. The minimum atomic E-state index is 0.0574. The summed E-state index contributed by atoms with van der Waals surface area (Å²) < 4.78 is 11.4. The fraction of sp³-hybridized carbons (Fsp3) is 0.682. The molecule has 1 atom stereocenters. The van der Waals surface area contributed by atoms with Gasteiger partial charge in [-0.05, 0) is 35.3 Å². The van der Waals surface area contributed by atoms with E-state index in [1.807, 2.05) is 4.90 Å². The highest BCUT2D eigenvalue weighted by Crippen LogP contribution is 2.34. The Bertz CT molecular complexity index is 570. The number of likely N-dealkylation sites (tertiary alicyclic amines) is 1. The number of ether oxygens (including phenoxy) is 2. The summed E-state index contributed by atoms with van der Waals surface area (Å²) in [6.07, 6.45) is 3.78. The molecule has 0 saturated carbocycles. The Morgan fingerprint density at radius 1 is 1.23 bits per heavy atom. The molecule has 1 amide bonds. The highest BCUT2D eigenvalue weighted by atomic mass is 16.7. The van der Waals surface area contributed by atoms with Gasteiger partial charge >= 0.3 is 0 Å². The van der Waals surface area contributed by atoms with Crippen LogP contribution in [0, 0.1) is 5.92 Å². The number of carbonyl (C=O) groups excluding carboxylic acids is 1. The molecule has 1 aliphatic heterocycles. The van der Waals surface area contributed by atoms with Gasteiger partial charge in [-0.3, -0.25) is 4.79 Å². The molecule has 0 aliphatic carbocycles. The lowest BCUT2D eigenvalue weighted by Gasteiger charge is -2.34. The average molecular weight is 362 g/mol. The molecule has 2 rings (SSSR count). The zero-order valence-corrected chi connectivity index (χ0v) is 16.9. The second-order valence-corrected chi connectivity index (χ2v) is 7.76. The van der Waals surface area contributed by atoms with Crippen molar-refractivity contribution >= 4 is 5.91 Å². The van der Waals surface area contributed by atoms with Crippen molar-refractivity contribution in [2.24, 2.45) is 5.92 Å². The second kappa shape index (κ2) is 10.1. The Labute approximate surface area is 158 Å². The van der Waals surface area contributed by atoms with Gasteiger partial charge in [-0.2, -0.15) is 0 Å². The molecule has 0 radical (unpaired) electrons. The van der Waals surface area contributed by atoms with Crippen LogP contribution in [-0.2, 0) is 26.1 Å². The maximum Gasteiger partial charge on any atom is 0.222 e. The first-order valence-electron chi connectivity index (χ1n) is 10.0. The molecule has 1 aromatic carbocycles. The summed E-state index contributed by atoms with van der Waals surface area (Å²) in [5.41, 5.74) is 2.81. The molecular weight excluding hydrogens is 326 g/mol. The standard InChI is InChI=1S/C22H35NO3/c1-5-18-9-7-10-20(15-18)22(3,4)19(6-2)16-26-17-25-14-13-23-12-8-11-21(23)24/h7,9-10,15,19H,5-6,8,11-14,16-17H2,1-4H3. The van der Waals surface area contributed by atoms with E-state index in [1.54, 1.807) is 0 Å². The van der Waals surface area contributed by atoms with Crippen molar-refractivity contribution in [3.8, 4) is 0 Å². The van der Waals surface area contributed by atoms with E-state index < -0.39 is 0 Å². The molecule has 1 saturated heterocycles. The Hall–Kier alpha value is -1.39. The van der Waals surface area contributed by atoms with Crippen LogP contribution in [0.3, 0.4) is 0 Å². The fourth-order valence-corrected chi connectivity index (χ4v) is 3.69. The van der Waals surface area contributed by atoms with Crippen LogP contribution >= 0.6 is 0 Å². The topological polar surface area (TPSA) is 38.8 Å². The van der Waals surface area contributed by atoms with Gasteiger partial charge in [0.1, 0.15) is 6.79 Å². The van der Waals surface area contributed by atoms with Crippen LogP contribution < -0.4 is 0 Å². The van der Waals surface area contributed by atoms with Crippen LogP contribution in [0.1, 0.15) is 58.1 Å². The molecule has 1 aliphatic rings. The maximum atomic E-state index is 11.6. The van der Waals surface area contributed by atoms with Crippen LogP contribution in [0.15, 0.2) is 24.3 Å². The highest BCUT2D eigenvalue weighted by Gasteiger charge is 2.30. The van der Waals surface area contributed by atoms with Crippen molar-refractivity contribution in [1.29, 1.82) is 0 Å². The summed E-state index contributed by atoms with van der Waals surface area (Å²) in [5.74, 6) is 0.676. The molecule has 4 heteroatoms. The van der Waals surface area contributed by atoms with Crippen molar-refractivity contribution in [1.82, 2.24) is 4.90 Å². The number of rotatable bonds is 11. The molecule has 0 N–H and O–H groups in total. The van der Waals surface area contributed by atoms with Gasteiger partial charge < -0.3 is 14.4 Å². The molecule has 146 valence electrons. The monoisotopic (exact) mass is 361 g/mol. The first-order valence-corrected chi connectivity index (χ1v) is 10.0. The molecular formula is C22H35NO3. The smallest absolute Gasteiger partial charge is 0.222 e. The molecule has 0 bridgehead atoms. The zero-order chi connectivity index (χ0) is 19.0. The molecule has 0 aromatic heterocycles. The van der Waals surface area contributed by atoms with Crippen LogP contribution in [0.25, 0.3) is 0 Å². The second-order valence-electron chi connectivity index (χ2n) is 7.76. The summed E-state index contributed by atoms with van der Waals surface area (Å²) in [4.78, 5) is 13.4. The third kappa shape index (κ3) is 5.55. The van der Waals surface area contributed by atoms with Crippen molar-refractivity contribution < 1.29 is 14.3 Å². The molecule has 26 heavy (non-hydrogen) atoms. The predicted octanol–water partition coefficient (Wildman–Crippen LogP) is 4.17. The van der Waals surface area contributed by atoms with Gasteiger partial charge in [0, 0.05) is 19.5 Å². The van der Waals surface area contributed by atoms with E-state index in [0.717, 1.165) is 25.8 Å². The van der Waals surface area contributed by atoms with Crippen molar-refractivity contribution in [2.45, 2.75) is 58.8 Å². The van der Waals surface area contributed by atoms with E-state index in [1.165, 1.54) is 11.1 Å². The maximum absolute atomic E-state index is 11.6. The van der Waals surface area contributed by atoms with E-state index in [2.05, 4.69) is 52.0 Å². The number of benzene rings is 1. The number of hydrogen-bond acceptors (Lipinski definition) is 3. The largest absolute Gasteiger partial charge is 0.355 e. The number of hydrogen-bond donors (Lipinski definition) is 0. The van der Waals surface area contributed by atoms with Crippen molar-refractivity contribution in [2.75, 3.05) is 33.1 Å². The molecule has 0 spiro atoms. The minimum Gasteiger partial charge on any atom is -0.355 e. The van der Waals surface area contributed by atoms with Crippen LogP contribution in [0.4, 0.5) is 0 Å². The molecule has 4 nitrogen and oxygen atoms in total. The summed E-state index contributed by atoms with van der Waals surface area (Å²) in [7, 11) is 0. The molecule has 1 heterocycles. The summed E-state index contributed by atoms with van der Waals surface area (Å²) >= 11 is 0. The third-order valence-corrected chi connectivity index (χ3v) is 5.76. The van der Waals surface area contributed by atoms with Crippen LogP contribution in [0.5, 0.6) is 0 Å². The average Bonchev–Trinajstić information content (AvgIpc) is 3.05. The van der Waals surface area contributed by atoms with E-state index in [9.17, 15) is 4.79 Å². The van der Waals surface area contributed by atoms with Crippen LogP contribution in [-0.4, -0.2) is 43.9 Å². The van der Waals surface area contributed by atoms with Gasteiger partial charge in [0.15, 0.2) is 0 Å². The summed E-state index contributed by atoms with van der Waals surface area (Å²) in [5, 5.41) is 0. The Balaban J connectivity index is 1.76. The first kappa shape index (κ1) is 20.9. The van der Waals surface area contributed by atoms with Crippen LogP contribution in [0.2, 0.25) is 0 Å². The lowest BCUT2D eigenvalue weighted by molar-refractivity contribution is -0.129.